The molecule has 0 aromatic carbocycles. The van der Waals surface area contributed by atoms with Crippen molar-refractivity contribution < 1.29 is 4.79 Å². The number of aromatic nitrogens is 1. The minimum Gasteiger partial charge on any atom is -0.397 e. The highest BCUT2D eigenvalue weighted by Crippen LogP contribution is 2.28. The highest BCUT2D eigenvalue weighted by molar-refractivity contribution is 6.31. The lowest BCUT2D eigenvalue weighted by Crippen LogP contribution is -2.13. The van der Waals surface area contributed by atoms with E-state index in [0.29, 0.717) is 23.7 Å². The number of nitrogens with one attached hydrogen (secondary N) is 1. The number of amides is 1. The van der Waals surface area contributed by atoms with Gasteiger partial charge in [-0.15, -0.1) is 0 Å². The van der Waals surface area contributed by atoms with E-state index in [9.17, 15) is 4.79 Å². The largest absolute Gasteiger partial charge is 0.397 e. The number of nitrogens with two attached hydrogens (primary N) is 1. The molecule has 3 N–H and O–H groups in total. The van der Waals surface area contributed by atoms with Gasteiger partial charge in [0.05, 0.1) is 22.6 Å². The molecule has 1 aromatic heterocycles. The smallest absolute Gasteiger partial charge is 0.220 e. The summed E-state index contributed by atoms with van der Waals surface area (Å²) in [5.74, 6) is 0.125. The summed E-state index contributed by atoms with van der Waals surface area (Å²) in [6, 6.07) is 1.66. The fourth-order valence-electron chi connectivity index (χ4n) is 1.56. The zero-order valence-electron chi connectivity index (χ0n) is 7.46. The van der Waals surface area contributed by atoms with Crippen molar-refractivity contribution in [3.63, 3.8) is 0 Å². The van der Waals surface area contributed by atoms with E-state index in [4.69, 9.17) is 17.3 Å². The molecule has 0 bridgehead atoms. The Morgan fingerprint density at radius 3 is 3.00 bits per heavy atom. The van der Waals surface area contributed by atoms with Crippen molar-refractivity contribution in [3.8, 4) is 0 Å². The summed E-state index contributed by atoms with van der Waals surface area (Å²) in [7, 11) is 0. The van der Waals surface area contributed by atoms with E-state index in [2.05, 4.69) is 10.3 Å². The maximum atomic E-state index is 11.0. The van der Waals surface area contributed by atoms with Crippen LogP contribution in [0, 0.1) is 0 Å². The monoisotopic (exact) mass is 211 g/mol. The Morgan fingerprint density at radius 2 is 2.43 bits per heavy atom. The number of pyridine rings is 1. The Morgan fingerprint density at radius 1 is 1.64 bits per heavy atom. The van der Waals surface area contributed by atoms with Crippen molar-refractivity contribution in [2.24, 2.45) is 0 Å². The second-order valence-electron chi connectivity index (χ2n) is 3.34. The molecule has 0 aliphatic carbocycles. The standard InChI is InChI=1S/C9H10ClN3O/c10-7-2-6(11)4-13-9(7)5-1-8(14)12-3-5/h2,4-5H,1,3,11H2,(H,12,14)/t5-/m0/s1. The van der Waals surface area contributed by atoms with Crippen LogP contribution in [0.4, 0.5) is 5.69 Å². The SMILES string of the molecule is Nc1cnc([C@@H]2CNC(=O)C2)c(Cl)c1. The van der Waals surface area contributed by atoms with E-state index in [1.165, 1.54) is 0 Å². The van der Waals surface area contributed by atoms with E-state index >= 15 is 0 Å². The zero-order chi connectivity index (χ0) is 10.1. The highest BCUT2D eigenvalue weighted by atomic mass is 35.5. The van der Waals surface area contributed by atoms with Gasteiger partial charge >= 0.3 is 0 Å². The van der Waals surface area contributed by atoms with Crippen molar-refractivity contribution in [2.75, 3.05) is 12.3 Å². The van der Waals surface area contributed by atoms with Gasteiger partial charge in [0, 0.05) is 18.9 Å². The van der Waals surface area contributed by atoms with Crippen LogP contribution in [-0.4, -0.2) is 17.4 Å². The number of halogens is 1. The van der Waals surface area contributed by atoms with Crippen molar-refractivity contribution >= 4 is 23.2 Å². The van der Waals surface area contributed by atoms with Crippen LogP contribution >= 0.6 is 11.6 Å². The van der Waals surface area contributed by atoms with E-state index in [-0.39, 0.29) is 11.8 Å². The average molecular weight is 212 g/mol. The molecular formula is C9H10ClN3O. The van der Waals surface area contributed by atoms with E-state index < -0.39 is 0 Å². The summed E-state index contributed by atoms with van der Waals surface area (Å²) in [4.78, 5) is 15.1. The summed E-state index contributed by atoms with van der Waals surface area (Å²) >= 11 is 5.98. The molecule has 1 fully saturated rings. The van der Waals surface area contributed by atoms with Gasteiger partial charge in [-0.05, 0) is 6.07 Å². The molecule has 1 amide bonds. The molecular weight excluding hydrogens is 202 g/mol. The normalized spacial score (nSPS) is 20.9. The van der Waals surface area contributed by atoms with Gasteiger partial charge in [-0.1, -0.05) is 11.6 Å². The van der Waals surface area contributed by atoms with Crippen LogP contribution < -0.4 is 11.1 Å². The molecule has 2 rings (SSSR count). The average Bonchev–Trinajstić information content (AvgIpc) is 2.51. The van der Waals surface area contributed by atoms with Crippen LogP contribution in [0.25, 0.3) is 0 Å². The van der Waals surface area contributed by atoms with Gasteiger partial charge in [-0.2, -0.15) is 0 Å². The minimum absolute atomic E-state index is 0.0460. The van der Waals surface area contributed by atoms with Gasteiger partial charge in [0.25, 0.3) is 0 Å². The van der Waals surface area contributed by atoms with Crippen molar-refractivity contribution in [2.45, 2.75) is 12.3 Å². The molecule has 0 saturated carbocycles. The fourth-order valence-corrected chi connectivity index (χ4v) is 1.89. The lowest BCUT2D eigenvalue weighted by Gasteiger charge is -2.08. The van der Waals surface area contributed by atoms with Crippen LogP contribution in [0.5, 0.6) is 0 Å². The lowest BCUT2D eigenvalue weighted by molar-refractivity contribution is -0.119. The van der Waals surface area contributed by atoms with Crippen molar-refractivity contribution in [1.29, 1.82) is 0 Å². The van der Waals surface area contributed by atoms with Gasteiger partial charge in [0.1, 0.15) is 0 Å². The molecule has 74 valence electrons. The maximum Gasteiger partial charge on any atom is 0.220 e. The number of rotatable bonds is 1. The summed E-state index contributed by atoms with van der Waals surface area (Å²) < 4.78 is 0. The third kappa shape index (κ3) is 1.65. The third-order valence-corrected chi connectivity index (χ3v) is 2.56. The molecule has 1 aromatic rings. The summed E-state index contributed by atoms with van der Waals surface area (Å²) in [5.41, 5.74) is 6.81. The Kier molecular flexibility index (Phi) is 2.29. The molecule has 0 radical (unpaired) electrons. The van der Waals surface area contributed by atoms with Gasteiger partial charge in [0.2, 0.25) is 5.91 Å². The Hall–Kier alpha value is -1.29. The summed E-state index contributed by atoms with van der Waals surface area (Å²) in [6.07, 6.45) is 2.01. The van der Waals surface area contributed by atoms with Crippen LogP contribution in [0.2, 0.25) is 5.02 Å². The number of carbonyl (C=O) groups excluding carboxylic acids is 1. The molecule has 1 saturated heterocycles. The van der Waals surface area contributed by atoms with Gasteiger partial charge in [-0.3, -0.25) is 9.78 Å². The van der Waals surface area contributed by atoms with E-state index in [1.54, 1.807) is 12.3 Å². The quantitative estimate of drug-likeness (QED) is 0.726. The lowest BCUT2D eigenvalue weighted by atomic mass is 10.0. The molecule has 2 heterocycles. The maximum absolute atomic E-state index is 11.0. The first-order valence-electron chi connectivity index (χ1n) is 4.34. The van der Waals surface area contributed by atoms with Gasteiger partial charge in [0.15, 0.2) is 0 Å². The first-order chi connectivity index (χ1) is 6.66. The number of anilines is 1. The minimum atomic E-state index is 0.0460. The molecule has 1 atom stereocenters. The highest BCUT2D eigenvalue weighted by Gasteiger charge is 2.25. The molecule has 0 spiro atoms. The Labute approximate surface area is 86.5 Å². The number of hydrogen-bond donors (Lipinski definition) is 2. The van der Waals surface area contributed by atoms with E-state index in [1.807, 2.05) is 0 Å². The topological polar surface area (TPSA) is 68.0 Å². The predicted octanol–water partition coefficient (Wildman–Crippen LogP) is 0.921. The number of hydrogen-bond acceptors (Lipinski definition) is 3. The summed E-state index contributed by atoms with van der Waals surface area (Å²) in [5, 5.41) is 3.27. The molecule has 0 unspecified atom stereocenters. The number of nitrogen functional groups attached to an aromatic ring is 1. The predicted molar refractivity (Wildman–Crippen MR) is 54.0 cm³/mol. The molecule has 1 aliphatic heterocycles. The van der Waals surface area contributed by atoms with E-state index in [0.717, 1.165) is 5.69 Å². The molecule has 5 heteroatoms. The molecule has 4 nitrogen and oxygen atoms in total. The van der Waals surface area contributed by atoms with Gasteiger partial charge in [-0.25, -0.2) is 0 Å². The number of carbonyl (C=O) groups is 1. The third-order valence-electron chi connectivity index (χ3n) is 2.25. The second kappa shape index (κ2) is 3.46. The molecule has 14 heavy (non-hydrogen) atoms. The van der Waals surface area contributed by atoms with Crippen molar-refractivity contribution in [1.82, 2.24) is 10.3 Å². The first kappa shape index (κ1) is 9.27. The van der Waals surface area contributed by atoms with Crippen LogP contribution in [0.1, 0.15) is 18.0 Å². The Bertz CT molecular complexity index is 380. The van der Waals surface area contributed by atoms with Crippen LogP contribution in [0.3, 0.4) is 0 Å². The van der Waals surface area contributed by atoms with Gasteiger partial charge < -0.3 is 11.1 Å². The summed E-state index contributed by atoms with van der Waals surface area (Å²) in [6.45, 7) is 0.607. The fraction of sp³-hybridized carbons (Fsp3) is 0.333. The van der Waals surface area contributed by atoms with Crippen LogP contribution in [-0.2, 0) is 4.79 Å². The number of nitrogens with zero attached hydrogens (tertiary/aromatic N) is 1. The van der Waals surface area contributed by atoms with Crippen molar-refractivity contribution in [3.05, 3.63) is 23.0 Å². The zero-order valence-corrected chi connectivity index (χ0v) is 8.21. The first-order valence-corrected chi connectivity index (χ1v) is 4.72. The molecule has 1 aliphatic rings. The Balaban J connectivity index is 2.28. The second-order valence-corrected chi connectivity index (χ2v) is 3.75. The van der Waals surface area contributed by atoms with Crippen LogP contribution in [0.15, 0.2) is 12.3 Å².